The lowest BCUT2D eigenvalue weighted by molar-refractivity contribution is 0.0366. The zero-order chi connectivity index (χ0) is 23.3. The Bertz CT molecular complexity index is 1350. The fourth-order valence-electron chi connectivity index (χ4n) is 3.86. The summed E-state index contributed by atoms with van der Waals surface area (Å²) < 4.78 is 22.8. The molecule has 33 heavy (non-hydrogen) atoms. The van der Waals surface area contributed by atoms with Crippen LogP contribution in [0, 0.1) is 26.6 Å². The van der Waals surface area contributed by atoms with Crippen LogP contribution in [-0.2, 0) is 11.8 Å². The third-order valence-electron chi connectivity index (χ3n) is 5.92. The Morgan fingerprint density at radius 2 is 1.85 bits per heavy atom. The Labute approximate surface area is 195 Å². The first-order chi connectivity index (χ1) is 15.8. The van der Waals surface area contributed by atoms with E-state index in [1.165, 1.54) is 6.07 Å². The molecule has 4 aromatic rings. The summed E-state index contributed by atoms with van der Waals surface area (Å²) in [6, 6.07) is 4.52. The highest BCUT2D eigenvalue weighted by atomic mass is 35.5. The van der Waals surface area contributed by atoms with E-state index in [-0.39, 0.29) is 6.10 Å². The van der Waals surface area contributed by atoms with Gasteiger partial charge in [-0.3, -0.25) is 0 Å². The van der Waals surface area contributed by atoms with E-state index in [2.05, 4.69) is 15.0 Å². The molecule has 0 saturated carbocycles. The number of fused-ring (bicyclic) bond motifs is 1. The number of aryl methyl sites for hydroxylation is 4. The van der Waals surface area contributed by atoms with Crippen molar-refractivity contribution in [2.45, 2.75) is 26.9 Å². The van der Waals surface area contributed by atoms with Gasteiger partial charge in [0.1, 0.15) is 29.0 Å². The SMILES string of the molecule is Cc1nc2nc(N3CCOC(c4cn(C)c(C)n4)C3)nc(-c3ccc(Cl)cc3F)c2nc1C. The number of aromatic nitrogens is 6. The zero-order valence-corrected chi connectivity index (χ0v) is 19.6. The van der Waals surface area contributed by atoms with Crippen LogP contribution in [0.5, 0.6) is 0 Å². The molecule has 1 aromatic carbocycles. The van der Waals surface area contributed by atoms with Crippen molar-refractivity contribution in [3.05, 3.63) is 58.1 Å². The van der Waals surface area contributed by atoms with E-state index in [1.807, 2.05) is 43.5 Å². The molecule has 0 spiro atoms. The summed E-state index contributed by atoms with van der Waals surface area (Å²) in [6.07, 6.45) is 1.75. The lowest BCUT2D eigenvalue weighted by atomic mass is 10.1. The first kappa shape index (κ1) is 21.7. The quantitative estimate of drug-likeness (QED) is 0.448. The van der Waals surface area contributed by atoms with Crippen LogP contribution in [-0.4, -0.2) is 49.2 Å². The van der Waals surface area contributed by atoms with Gasteiger partial charge in [0.15, 0.2) is 5.65 Å². The number of morpholine rings is 1. The third kappa shape index (κ3) is 4.02. The molecule has 170 valence electrons. The van der Waals surface area contributed by atoms with Crippen molar-refractivity contribution in [2.75, 3.05) is 24.6 Å². The van der Waals surface area contributed by atoms with Gasteiger partial charge in [-0.15, -0.1) is 0 Å². The number of benzene rings is 1. The van der Waals surface area contributed by atoms with Crippen LogP contribution in [0.4, 0.5) is 10.3 Å². The molecule has 0 amide bonds. The van der Waals surface area contributed by atoms with Gasteiger partial charge in [-0.2, -0.15) is 4.98 Å². The number of anilines is 1. The molecule has 1 aliphatic rings. The molecular weight excluding hydrogens is 445 g/mol. The van der Waals surface area contributed by atoms with Gasteiger partial charge in [0.05, 0.1) is 30.2 Å². The molecule has 5 rings (SSSR count). The Kier molecular flexibility index (Phi) is 5.46. The van der Waals surface area contributed by atoms with E-state index in [0.717, 1.165) is 22.9 Å². The van der Waals surface area contributed by atoms with Crippen LogP contribution in [0.3, 0.4) is 0 Å². The molecule has 1 fully saturated rings. The van der Waals surface area contributed by atoms with Crippen molar-refractivity contribution < 1.29 is 9.13 Å². The van der Waals surface area contributed by atoms with Gasteiger partial charge >= 0.3 is 0 Å². The van der Waals surface area contributed by atoms with Gasteiger partial charge in [0, 0.05) is 30.4 Å². The zero-order valence-electron chi connectivity index (χ0n) is 18.8. The lowest BCUT2D eigenvalue weighted by Gasteiger charge is -2.32. The number of ether oxygens (including phenoxy) is 1. The normalized spacial score (nSPS) is 16.5. The molecule has 1 unspecified atom stereocenters. The molecule has 0 N–H and O–H groups in total. The lowest BCUT2D eigenvalue weighted by Crippen LogP contribution is -2.39. The number of rotatable bonds is 3. The Morgan fingerprint density at radius 1 is 1.06 bits per heavy atom. The van der Waals surface area contributed by atoms with Crippen LogP contribution in [0.15, 0.2) is 24.4 Å². The molecule has 10 heteroatoms. The minimum absolute atomic E-state index is 0.223. The maximum atomic E-state index is 14.9. The highest BCUT2D eigenvalue weighted by molar-refractivity contribution is 6.30. The van der Waals surface area contributed by atoms with E-state index < -0.39 is 5.82 Å². The molecule has 1 atom stereocenters. The minimum atomic E-state index is -0.475. The topological polar surface area (TPSA) is 81.9 Å². The van der Waals surface area contributed by atoms with Crippen LogP contribution < -0.4 is 4.90 Å². The molecule has 0 bridgehead atoms. The molecule has 8 nitrogen and oxygen atoms in total. The molecule has 1 saturated heterocycles. The van der Waals surface area contributed by atoms with Crippen LogP contribution in [0.2, 0.25) is 5.02 Å². The van der Waals surface area contributed by atoms with Gasteiger partial charge in [-0.05, 0) is 39.0 Å². The number of nitrogens with zero attached hydrogens (tertiary/aromatic N) is 7. The van der Waals surface area contributed by atoms with Crippen molar-refractivity contribution in [1.29, 1.82) is 0 Å². The van der Waals surface area contributed by atoms with Crippen LogP contribution in [0.25, 0.3) is 22.4 Å². The number of hydrogen-bond acceptors (Lipinski definition) is 7. The summed E-state index contributed by atoms with van der Waals surface area (Å²) in [5.41, 5.74) is 3.92. The first-order valence-corrected chi connectivity index (χ1v) is 11.0. The van der Waals surface area contributed by atoms with E-state index in [0.29, 0.717) is 53.1 Å². The summed E-state index contributed by atoms with van der Waals surface area (Å²) >= 11 is 5.98. The van der Waals surface area contributed by atoms with Gasteiger partial charge in [-0.25, -0.2) is 24.3 Å². The van der Waals surface area contributed by atoms with Crippen molar-refractivity contribution in [2.24, 2.45) is 7.05 Å². The smallest absolute Gasteiger partial charge is 0.228 e. The van der Waals surface area contributed by atoms with Crippen molar-refractivity contribution >= 4 is 28.7 Å². The molecule has 1 aliphatic heterocycles. The van der Waals surface area contributed by atoms with Gasteiger partial charge in [0.25, 0.3) is 0 Å². The monoisotopic (exact) mass is 467 g/mol. The fourth-order valence-corrected chi connectivity index (χ4v) is 4.02. The highest BCUT2D eigenvalue weighted by Gasteiger charge is 2.27. The summed E-state index contributed by atoms with van der Waals surface area (Å²) in [5.74, 6) is 0.886. The van der Waals surface area contributed by atoms with Gasteiger partial charge < -0.3 is 14.2 Å². The second-order valence-corrected chi connectivity index (χ2v) is 8.63. The average molecular weight is 468 g/mol. The van der Waals surface area contributed by atoms with Crippen molar-refractivity contribution in [1.82, 2.24) is 29.5 Å². The summed E-state index contributed by atoms with van der Waals surface area (Å²) in [4.78, 5) is 25.3. The Hall–Kier alpha value is -3.17. The van der Waals surface area contributed by atoms with E-state index in [1.54, 1.807) is 12.1 Å². The van der Waals surface area contributed by atoms with Crippen molar-refractivity contribution in [3.63, 3.8) is 0 Å². The van der Waals surface area contributed by atoms with Gasteiger partial charge in [-0.1, -0.05) is 11.6 Å². The van der Waals surface area contributed by atoms with Crippen molar-refractivity contribution in [3.8, 4) is 11.3 Å². The Balaban J connectivity index is 1.61. The molecule has 0 aliphatic carbocycles. The third-order valence-corrected chi connectivity index (χ3v) is 6.16. The predicted octanol–water partition coefficient (Wildman–Crippen LogP) is 4.12. The van der Waals surface area contributed by atoms with E-state index >= 15 is 0 Å². The summed E-state index contributed by atoms with van der Waals surface area (Å²) in [7, 11) is 1.95. The van der Waals surface area contributed by atoms with E-state index in [9.17, 15) is 4.39 Å². The molecule has 0 radical (unpaired) electrons. The second-order valence-electron chi connectivity index (χ2n) is 8.19. The highest BCUT2D eigenvalue weighted by Crippen LogP contribution is 2.32. The van der Waals surface area contributed by atoms with Crippen LogP contribution in [0.1, 0.15) is 29.0 Å². The standard InChI is InChI=1S/C23H23ClFN7O/c1-12-13(2)27-22-21(26-12)20(16-6-5-15(24)9-17(16)25)29-23(30-22)32-7-8-33-19(11-32)18-10-31(4)14(3)28-18/h5-6,9-10,19H,7-8,11H2,1-4H3. The second kappa shape index (κ2) is 8.31. The van der Waals surface area contributed by atoms with Gasteiger partial charge in [0.2, 0.25) is 5.95 Å². The molecule has 3 aromatic heterocycles. The maximum absolute atomic E-state index is 14.9. The van der Waals surface area contributed by atoms with Crippen LogP contribution >= 0.6 is 11.6 Å². The maximum Gasteiger partial charge on any atom is 0.228 e. The predicted molar refractivity (Wildman–Crippen MR) is 124 cm³/mol. The largest absolute Gasteiger partial charge is 0.368 e. The molecular formula is C23H23ClFN7O. The Morgan fingerprint density at radius 3 is 2.58 bits per heavy atom. The average Bonchev–Trinajstić information content (AvgIpc) is 3.13. The first-order valence-electron chi connectivity index (χ1n) is 10.6. The number of halogens is 2. The summed E-state index contributed by atoms with van der Waals surface area (Å²) in [6.45, 7) is 7.29. The number of hydrogen-bond donors (Lipinski definition) is 0. The fraction of sp³-hybridized carbons (Fsp3) is 0.348. The number of imidazole rings is 1. The minimum Gasteiger partial charge on any atom is -0.368 e. The van der Waals surface area contributed by atoms with E-state index in [4.69, 9.17) is 26.3 Å². The summed E-state index contributed by atoms with van der Waals surface area (Å²) in [5, 5.41) is 0.314. The molecule has 4 heterocycles.